The van der Waals surface area contributed by atoms with Crippen LogP contribution >= 0.6 is 11.8 Å². The van der Waals surface area contributed by atoms with Crippen LogP contribution in [-0.2, 0) is 24.3 Å². The maximum atomic E-state index is 12.5. The van der Waals surface area contributed by atoms with Crippen LogP contribution in [0.5, 0.6) is 0 Å². The molecule has 0 aromatic heterocycles. The normalized spacial score (nSPS) is 28.4. The Bertz CT molecular complexity index is 946. The number of hydrogen-bond acceptors (Lipinski definition) is 7. The Morgan fingerprint density at radius 2 is 2.07 bits per heavy atom. The molecule has 3 aliphatic heterocycles. The van der Waals surface area contributed by atoms with E-state index < -0.39 is 27.9 Å². The third-order valence-electron chi connectivity index (χ3n) is 5.17. The van der Waals surface area contributed by atoms with E-state index in [9.17, 15) is 22.8 Å². The monoisotopic (exact) mass is 410 g/mol. The highest BCUT2D eigenvalue weighted by molar-refractivity contribution is 8.01. The fourth-order valence-corrected chi connectivity index (χ4v) is 6.74. The summed E-state index contributed by atoms with van der Waals surface area (Å²) in [6, 6.07) is 5.31. The van der Waals surface area contributed by atoms with Crippen LogP contribution in [0.15, 0.2) is 29.2 Å². The average Bonchev–Trinajstić information content (AvgIpc) is 3.19. The Morgan fingerprint density at radius 3 is 2.81 bits per heavy atom. The molecule has 1 aromatic carbocycles. The lowest BCUT2D eigenvalue weighted by molar-refractivity contribution is -0.153. The average molecular weight is 410 g/mol. The van der Waals surface area contributed by atoms with Crippen LogP contribution in [0.1, 0.15) is 30.1 Å². The summed E-state index contributed by atoms with van der Waals surface area (Å²) in [5.74, 6) is -0.811. The predicted molar refractivity (Wildman–Crippen MR) is 96.4 cm³/mol. The van der Waals surface area contributed by atoms with Gasteiger partial charge in [0.1, 0.15) is 17.5 Å². The smallest absolute Gasteiger partial charge is 0.329 e. The van der Waals surface area contributed by atoms with Crippen molar-refractivity contribution in [2.45, 2.75) is 35.6 Å². The summed E-state index contributed by atoms with van der Waals surface area (Å²) in [7, 11) is -3.92. The van der Waals surface area contributed by atoms with Gasteiger partial charge in [-0.1, -0.05) is 12.1 Å². The molecule has 0 aliphatic carbocycles. The van der Waals surface area contributed by atoms with Crippen molar-refractivity contribution >= 4 is 39.6 Å². The lowest BCUT2D eigenvalue weighted by Crippen LogP contribution is -2.47. The molecule has 2 amide bonds. The molecule has 1 aromatic rings. The van der Waals surface area contributed by atoms with Gasteiger partial charge in [0.15, 0.2) is 0 Å². The molecule has 0 bridgehead atoms. The maximum Gasteiger partial charge on any atom is 0.329 e. The Balaban J connectivity index is 1.40. The van der Waals surface area contributed by atoms with Gasteiger partial charge >= 0.3 is 5.97 Å². The summed E-state index contributed by atoms with van der Waals surface area (Å²) in [4.78, 5) is 38.0. The summed E-state index contributed by atoms with van der Waals surface area (Å²) in [5, 5.41) is 0. The van der Waals surface area contributed by atoms with Gasteiger partial charge in [-0.2, -0.15) is 0 Å². The van der Waals surface area contributed by atoms with Crippen molar-refractivity contribution in [2.24, 2.45) is 0 Å². The van der Waals surface area contributed by atoms with Crippen LogP contribution in [-0.4, -0.2) is 65.2 Å². The molecule has 10 heteroatoms. The lowest BCUT2D eigenvalue weighted by Gasteiger charge is -2.29. The fraction of sp³-hybridized carbons (Fsp3) is 0.471. The number of fused-ring (bicyclic) bond motifs is 2. The van der Waals surface area contributed by atoms with E-state index in [1.54, 1.807) is 28.8 Å². The minimum atomic E-state index is -3.92. The molecular formula is C17H18N2O6S2. The molecule has 2 saturated heterocycles. The van der Waals surface area contributed by atoms with Crippen LogP contribution in [0.4, 0.5) is 0 Å². The summed E-state index contributed by atoms with van der Waals surface area (Å²) >= 11 is 1.55. The fourth-order valence-electron chi connectivity index (χ4n) is 3.77. The lowest BCUT2D eigenvalue weighted by atomic mass is 10.2. The SMILES string of the molecule is C[C@]12CCC(=O)N1[C@@H](C(=O)OCCN1C(=O)c3ccccc3S1(=O)=O)CS2. The number of nitrogens with zero attached hydrogens (tertiary/aromatic N) is 2. The Hall–Kier alpha value is -2.07. The number of amides is 2. The van der Waals surface area contributed by atoms with Crippen molar-refractivity contribution < 1.29 is 27.5 Å². The first-order valence-electron chi connectivity index (χ1n) is 8.54. The molecule has 2 atom stereocenters. The van der Waals surface area contributed by atoms with Gasteiger partial charge in [-0.3, -0.25) is 9.59 Å². The highest BCUT2D eigenvalue weighted by atomic mass is 32.2. The number of benzene rings is 1. The second-order valence-electron chi connectivity index (χ2n) is 6.81. The van der Waals surface area contributed by atoms with Gasteiger partial charge in [-0.05, 0) is 25.5 Å². The Kier molecular flexibility index (Phi) is 4.22. The summed E-state index contributed by atoms with van der Waals surface area (Å²) < 4.78 is 30.9. The number of ether oxygens (including phenoxy) is 1. The van der Waals surface area contributed by atoms with Gasteiger partial charge in [0.2, 0.25) is 5.91 Å². The minimum absolute atomic E-state index is 0.0352. The summed E-state index contributed by atoms with van der Waals surface area (Å²) in [6.45, 7) is 1.42. The number of hydrogen-bond donors (Lipinski definition) is 0. The molecule has 3 heterocycles. The topological polar surface area (TPSA) is 101 Å². The number of rotatable bonds is 4. The van der Waals surface area contributed by atoms with E-state index in [2.05, 4.69) is 0 Å². The van der Waals surface area contributed by atoms with Crippen LogP contribution < -0.4 is 0 Å². The van der Waals surface area contributed by atoms with E-state index in [0.717, 1.165) is 4.31 Å². The summed E-state index contributed by atoms with van der Waals surface area (Å²) in [5.41, 5.74) is 0.120. The van der Waals surface area contributed by atoms with E-state index in [0.29, 0.717) is 18.6 Å². The molecule has 0 spiro atoms. The van der Waals surface area contributed by atoms with Gasteiger partial charge in [0.05, 0.1) is 17.0 Å². The van der Waals surface area contributed by atoms with Crippen LogP contribution in [0.2, 0.25) is 0 Å². The van der Waals surface area contributed by atoms with Gasteiger partial charge in [-0.15, -0.1) is 11.8 Å². The largest absolute Gasteiger partial charge is 0.462 e. The summed E-state index contributed by atoms with van der Waals surface area (Å²) in [6.07, 6.45) is 1.10. The highest BCUT2D eigenvalue weighted by Gasteiger charge is 2.53. The number of sulfonamides is 1. The molecule has 2 fully saturated rings. The number of esters is 1. The van der Waals surface area contributed by atoms with Gasteiger partial charge in [-0.25, -0.2) is 17.5 Å². The minimum Gasteiger partial charge on any atom is -0.462 e. The molecule has 8 nitrogen and oxygen atoms in total. The third-order valence-corrected chi connectivity index (χ3v) is 8.51. The molecule has 0 unspecified atom stereocenters. The molecular weight excluding hydrogens is 392 g/mol. The second kappa shape index (κ2) is 6.23. The van der Waals surface area contributed by atoms with Crippen LogP contribution in [0, 0.1) is 0 Å². The van der Waals surface area contributed by atoms with Crippen molar-refractivity contribution in [1.82, 2.24) is 9.21 Å². The van der Waals surface area contributed by atoms with Gasteiger partial charge in [0.25, 0.3) is 15.9 Å². The van der Waals surface area contributed by atoms with E-state index in [-0.39, 0.29) is 34.4 Å². The molecule has 0 radical (unpaired) electrons. The quantitative estimate of drug-likeness (QED) is 0.678. The maximum absolute atomic E-state index is 12.5. The van der Waals surface area contributed by atoms with Crippen LogP contribution in [0.3, 0.4) is 0 Å². The number of carbonyl (C=O) groups is 3. The number of thioether (sulfide) groups is 1. The molecule has 0 N–H and O–H groups in total. The van der Waals surface area contributed by atoms with Crippen molar-refractivity contribution in [1.29, 1.82) is 0 Å². The predicted octanol–water partition coefficient (Wildman–Crippen LogP) is 0.828. The highest BCUT2D eigenvalue weighted by Crippen LogP contribution is 2.47. The van der Waals surface area contributed by atoms with E-state index in [1.165, 1.54) is 12.1 Å². The zero-order chi connectivity index (χ0) is 19.4. The first-order valence-corrected chi connectivity index (χ1v) is 11.0. The molecule has 144 valence electrons. The molecule has 4 rings (SSSR count). The van der Waals surface area contributed by atoms with Crippen molar-refractivity contribution in [3.8, 4) is 0 Å². The third kappa shape index (κ3) is 2.73. The van der Waals surface area contributed by atoms with Gasteiger partial charge < -0.3 is 9.64 Å². The standard InChI is InChI=1S/C17H18N2O6S2/c1-17-7-6-14(20)19(17)12(10-26-17)16(22)25-9-8-18-15(21)11-4-2-3-5-13(11)27(18,23)24/h2-5,12H,6-10H2,1H3/t12-,17+/m1/s1. The first kappa shape index (κ1) is 18.3. The van der Waals surface area contributed by atoms with Crippen molar-refractivity contribution in [3.63, 3.8) is 0 Å². The van der Waals surface area contributed by atoms with Crippen molar-refractivity contribution in [3.05, 3.63) is 29.8 Å². The zero-order valence-corrected chi connectivity index (χ0v) is 16.2. The number of carbonyl (C=O) groups excluding carboxylic acids is 3. The van der Waals surface area contributed by atoms with E-state index >= 15 is 0 Å². The van der Waals surface area contributed by atoms with E-state index in [4.69, 9.17) is 4.74 Å². The van der Waals surface area contributed by atoms with Gasteiger partial charge in [0, 0.05) is 12.2 Å². The molecule has 3 aliphatic rings. The van der Waals surface area contributed by atoms with Crippen LogP contribution in [0.25, 0.3) is 0 Å². The molecule has 0 saturated carbocycles. The zero-order valence-electron chi connectivity index (χ0n) is 14.6. The van der Waals surface area contributed by atoms with E-state index in [1.807, 2.05) is 6.92 Å². The first-order chi connectivity index (χ1) is 12.8. The second-order valence-corrected chi connectivity index (χ2v) is 10.1. The van der Waals surface area contributed by atoms with Crippen molar-refractivity contribution in [2.75, 3.05) is 18.9 Å². The Labute approximate surface area is 160 Å². The molecule has 27 heavy (non-hydrogen) atoms. The Morgan fingerprint density at radius 1 is 1.33 bits per heavy atom.